The molecular weight excluding hydrogens is 266 g/mol. The number of hydrogen-bond donors (Lipinski definition) is 2. The summed E-state index contributed by atoms with van der Waals surface area (Å²) in [5.41, 5.74) is 1.02. The van der Waals surface area contributed by atoms with Crippen LogP contribution in [0.2, 0.25) is 0 Å². The van der Waals surface area contributed by atoms with Gasteiger partial charge in [-0.15, -0.1) is 0 Å². The van der Waals surface area contributed by atoms with Crippen molar-refractivity contribution in [3.63, 3.8) is 0 Å². The summed E-state index contributed by atoms with van der Waals surface area (Å²) in [5, 5.41) is 12.1. The Labute approximate surface area is 127 Å². The first-order chi connectivity index (χ1) is 9.86. The highest BCUT2D eigenvalue weighted by atomic mass is 16.5. The van der Waals surface area contributed by atoms with Crippen molar-refractivity contribution in [2.75, 3.05) is 13.7 Å². The highest BCUT2D eigenvalue weighted by molar-refractivity contribution is 5.76. The van der Waals surface area contributed by atoms with Crippen molar-refractivity contribution in [1.29, 1.82) is 0 Å². The van der Waals surface area contributed by atoms with Crippen molar-refractivity contribution in [3.05, 3.63) is 29.8 Å². The zero-order chi connectivity index (χ0) is 15.9. The lowest BCUT2D eigenvalue weighted by molar-refractivity contribution is -0.122. The van der Waals surface area contributed by atoms with Crippen molar-refractivity contribution >= 4 is 5.91 Å². The zero-order valence-corrected chi connectivity index (χ0v) is 13.5. The largest absolute Gasteiger partial charge is 0.497 e. The summed E-state index contributed by atoms with van der Waals surface area (Å²) in [6, 6.07) is 7.74. The number of aliphatic hydroxyl groups is 1. The third kappa shape index (κ3) is 6.17. The van der Waals surface area contributed by atoms with Crippen LogP contribution in [0.1, 0.15) is 39.2 Å². The first-order valence-electron chi connectivity index (χ1n) is 7.40. The third-order valence-electron chi connectivity index (χ3n) is 3.57. The van der Waals surface area contributed by atoms with Crippen molar-refractivity contribution < 1.29 is 14.6 Å². The highest BCUT2D eigenvalue weighted by Gasteiger charge is 2.25. The molecule has 1 rings (SSSR count). The average molecular weight is 293 g/mol. The topological polar surface area (TPSA) is 58.6 Å². The van der Waals surface area contributed by atoms with Gasteiger partial charge in [0.15, 0.2) is 0 Å². The first-order valence-corrected chi connectivity index (χ1v) is 7.40. The van der Waals surface area contributed by atoms with Gasteiger partial charge in [0.2, 0.25) is 5.91 Å². The van der Waals surface area contributed by atoms with Crippen LogP contribution < -0.4 is 10.1 Å². The molecule has 0 aliphatic carbocycles. The molecule has 2 N–H and O–H groups in total. The van der Waals surface area contributed by atoms with Crippen molar-refractivity contribution in [3.8, 4) is 5.75 Å². The molecule has 0 aliphatic rings. The van der Waals surface area contributed by atoms with Crippen LogP contribution in [0.4, 0.5) is 0 Å². The van der Waals surface area contributed by atoms with Crippen LogP contribution in [0.25, 0.3) is 0 Å². The van der Waals surface area contributed by atoms with E-state index in [1.807, 2.05) is 24.3 Å². The molecule has 118 valence electrons. The fraction of sp³-hybridized carbons (Fsp3) is 0.588. The van der Waals surface area contributed by atoms with E-state index in [2.05, 4.69) is 26.1 Å². The fourth-order valence-electron chi connectivity index (χ4n) is 2.20. The van der Waals surface area contributed by atoms with Gasteiger partial charge in [-0.25, -0.2) is 0 Å². The molecule has 1 aromatic carbocycles. The molecule has 0 radical (unpaired) electrons. The number of methoxy groups -OCH3 is 1. The van der Waals surface area contributed by atoms with E-state index in [1.54, 1.807) is 7.11 Å². The van der Waals surface area contributed by atoms with Gasteiger partial charge < -0.3 is 15.2 Å². The van der Waals surface area contributed by atoms with E-state index in [4.69, 9.17) is 9.84 Å². The molecule has 0 aliphatic heterocycles. The molecule has 0 saturated heterocycles. The number of ether oxygens (including phenoxy) is 1. The van der Waals surface area contributed by atoms with E-state index in [1.165, 1.54) is 0 Å². The molecule has 0 saturated carbocycles. The molecule has 1 amide bonds. The second kappa shape index (κ2) is 8.03. The molecule has 0 bridgehead atoms. The number of nitrogens with one attached hydrogen (secondary N) is 1. The van der Waals surface area contributed by atoms with Gasteiger partial charge in [0.05, 0.1) is 7.11 Å². The Bertz CT molecular complexity index is 452. The molecule has 21 heavy (non-hydrogen) atoms. The quantitative estimate of drug-likeness (QED) is 0.812. The summed E-state index contributed by atoms with van der Waals surface area (Å²) in [6.45, 7) is 6.28. The highest BCUT2D eigenvalue weighted by Crippen LogP contribution is 2.22. The van der Waals surface area contributed by atoms with Gasteiger partial charge >= 0.3 is 0 Å². The number of rotatable bonds is 7. The smallest absolute Gasteiger partial charge is 0.220 e. The summed E-state index contributed by atoms with van der Waals surface area (Å²) in [6.07, 6.45) is 1.69. The maximum absolute atomic E-state index is 12.1. The zero-order valence-electron chi connectivity index (χ0n) is 13.5. The van der Waals surface area contributed by atoms with Crippen LogP contribution in [-0.4, -0.2) is 30.8 Å². The van der Waals surface area contributed by atoms with Gasteiger partial charge in [0, 0.05) is 19.1 Å². The van der Waals surface area contributed by atoms with E-state index in [0.29, 0.717) is 19.3 Å². The van der Waals surface area contributed by atoms with E-state index in [0.717, 1.165) is 11.3 Å². The lowest BCUT2D eigenvalue weighted by atomic mass is 9.85. The van der Waals surface area contributed by atoms with E-state index >= 15 is 0 Å². The molecule has 4 nitrogen and oxygen atoms in total. The van der Waals surface area contributed by atoms with E-state index in [-0.39, 0.29) is 24.0 Å². The van der Waals surface area contributed by atoms with Crippen LogP contribution in [0.5, 0.6) is 5.75 Å². The lowest BCUT2D eigenvalue weighted by Crippen LogP contribution is -2.44. The first kappa shape index (κ1) is 17.5. The van der Waals surface area contributed by atoms with Crippen molar-refractivity contribution in [2.45, 2.75) is 46.1 Å². The Hall–Kier alpha value is -1.55. The van der Waals surface area contributed by atoms with E-state index < -0.39 is 0 Å². The monoisotopic (exact) mass is 293 g/mol. The lowest BCUT2D eigenvalue weighted by Gasteiger charge is -2.31. The molecule has 1 atom stereocenters. The van der Waals surface area contributed by atoms with Crippen LogP contribution in [0, 0.1) is 5.41 Å². The summed E-state index contributed by atoms with van der Waals surface area (Å²) in [7, 11) is 1.63. The number of hydrogen-bond acceptors (Lipinski definition) is 3. The Balaban J connectivity index is 2.52. The average Bonchev–Trinajstić information content (AvgIpc) is 2.44. The van der Waals surface area contributed by atoms with Gasteiger partial charge in [-0.05, 0) is 36.0 Å². The molecule has 1 unspecified atom stereocenters. The minimum atomic E-state index is -0.0612. The van der Waals surface area contributed by atoms with Gasteiger partial charge in [-0.1, -0.05) is 32.9 Å². The SMILES string of the molecule is COc1cccc(CCC(=O)NC(CCO)C(C)(C)C)c1. The third-order valence-corrected chi connectivity index (χ3v) is 3.57. The predicted molar refractivity (Wildman–Crippen MR) is 84.4 cm³/mol. The number of benzene rings is 1. The van der Waals surface area contributed by atoms with Gasteiger partial charge in [0.1, 0.15) is 5.75 Å². The second-order valence-corrected chi connectivity index (χ2v) is 6.35. The van der Waals surface area contributed by atoms with Crippen molar-refractivity contribution in [2.24, 2.45) is 5.41 Å². The molecule has 0 heterocycles. The molecular formula is C17H27NO3. The summed E-state index contributed by atoms with van der Waals surface area (Å²) < 4.78 is 5.17. The number of aryl methyl sites for hydroxylation is 1. The Morgan fingerprint density at radius 1 is 1.38 bits per heavy atom. The molecule has 1 aromatic rings. The maximum atomic E-state index is 12.1. The number of carbonyl (C=O) groups is 1. The maximum Gasteiger partial charge on any atom is 0.220 e. The number of aliphatic hydroxyl groups excluding tert-OH is 1. The summed E-state index contributed by atoms with van der Waals surface area (Å²) in [4.78, 5) is 12.1. The summed E-state index contributed by atoms with van der Waals surface area (Å²) in [5.74, 6) is 0.826. The summed E-state index contributed by atoms with van der Waals surface area (Å²) >= 11 is 0. The predicted octanol–water partition coefficient (Wildman–Crippen LogP) is 2.54. The van der Waals surface area contributed by atoms with Crippen LogP contribution >= 0.6 is 0 Å². The standard InChI is InChI=1S/C17H27NO3/c1-17(2,3)15(10-11-19)18-16(20)9-8-13-6-5-7-14(12-13)21-4/h5-7,12,15,19H,8-11H2,1-4H3,(H,18,20). The Morgan fingerprint density at radius 2 is 2.10 bits per heavy atom. The van der Waals surface area contributed by atoms with Gasteiger partial charge in [-0.2, -0.15) is 0 Å². The number of amides is 1. The van der Waals surface area contributed by atoms with Crippen LogP contribution in [-0.2, 0) is 11.2 Å². The molecule has 0 spiro atoms. The van der Waals surface area contributed by atoms with Crippen LogP contribution in [0.15, 0.2) is 24.3 Å². The van der Waals surface area contributed by atoms with E-state index in [9.17, 15) is 4.79 Å². The molecule has 0 fully saturated rings. The Kier molecular flexibility index (Phi) is 6.69. The minimum Gasteiger partial charge on any atom is -0.497 e. The Morgan fingerprint density at radius 3 is 2.67 bits per heavy atom. The molecule has 4 heteroatoms. The second-order valence-electron chi connectivity index (χ2n) is 6.35. The number of carbonyl (C=O) groups excluding carboxylic acids is 1. The normalized spacial score (nSPS) is 12.8. The van der Waals surface area contributed by atoms with Gasteiger partial charge in [-0.3, -0.25) is 4.79 Å². The van der Waals surface area contributed by atoms with Crippen molar-refractivity contribution in [1.82, 2.24) is 5.32 Å². The van der Waals surface area contributed by atoms with Gasteiger partial charge in [0.25, 0.3) is 0 Å². The fourth-order valence-corrected chi connectivity index (χ4v) is 2.20. The molecule has 0 aromatic heterocycles. The minimum absolute atomic E-state index is 0.0136. The van der Waals surface area contributed by atoms with Crippen LogP contribution in [0.3, 0.4) is 0 Å².